The fourth-order valence-electron chi connectivity index (χ4n) is 2.35. The number of nitrogens with two attached hydrogens (primary N) is 1. The number of hydrogen-bond donors (Lipinski definition) is 1. The van der Waals surface area contributed by atoms with Crippen LogP contribution in [0.1, 0.15) is 30.4 Å². The lowest BCUT2D eigenvalue weighted by Crippen LogP contribution is -2.42. The smallest absolute Gasteiger partial charge is 0.330 e. The molecule has 1 aromatic rings. The van der Waals surface area contributed by atoms with E-state index >= 15 is 0 Å². The molecule has 0 unspecified atom stereocenters. The quantitative estimate of drug-likeness (QED) is 0.798. The number of benzene rings is 1. The van der Waals surface area contributed by atoms with E-state index in [-0.39, 0.29) is 12.1 Å². The Morgan fingerprint density at radius 2 is 1.88 bits per heavy atom. The van der Waals surface area contributed by atoms with Gasteiger partial charge < -0.3 is 5.73 Å². The van der Waals surface area contributed by atoms with Gasteiger partial charge in [0.1, 0.15) is 5.82 Å². The van der Waals surface area contributed by atoms with Crippen molar-refractivity contribution >= 4 is 0 Å². The van der Waals surface area contributed by atoms with Gasteiger partial charge in [0.2, 0.25) is 0 Å². The molecule has 1 nitrogen and oxygen atoms in total. The first-order valence-electron chi connectivity index (χ1n) is 5.47. The number of hydrogen-bond acceptors (Lipinski definition) is 1. The van der Waals surface area contributed by atoms with Gasteiger partial charge in [0.15, 0.2) is 0 Å². The van der Waals surface area contributed by atoms with Crippen LogP contribution in [0.3, 0.4) is 0 Å². The van der Waals surface area contributed by atoms with Crippen LogP contribution < -0.4 is 5.73 Å². The van der Waals surface area contributed by atoms with Gasteiger partial charge in [-0.2, -0.15) is 13.2 Å². The lowest BCUT2D eigenvalue weighted by Gasteiger charge is -2.41. The molecule has 0 aliphatic heterocycles. The molecule has 0 atom stereocenters. The van der Waals surface area contributed by atoms with Crippen LogP contribution in [0.5, 0.6) is 0 Å². The first kappa shape index (κ1) is 12.4. The molecule has 1 aliphatic rings. The Labute approximate surface area is 96.6 Å². The Morgan fingerprint density at radius 3 is 2.29 bits per heavy atom. The van der Waals surface area contributed by atoms with Crippen molar-refractivity contribution in [2.45, 2.75) is 30.9 Å². The normalized spacial score (nSPS) is 18.9. The fraction of sp³-hybridized carbons (Fsp3) is 0.500. The molecule has 0 aromatic heterocycles. The van der Waals surface area contributed by atoms with Crippen LogP contribution in [0.15, 0.2) is 18.2 Å². The molecule has 0 bridgehead atoms. The van der Waals surface area contributed by atoms with Crippen molar-refractivity contribution in [1.82, 2.24) is 0 Å². The third kappa shape index (κ3) is 1.92. The Balaban J connectivity index is 2.50. The highest BCUT2D eigenvalue weighted by Crippen LogP contribution is 2.45. The SMILES string of the molecule is NCC1(c2cccc(C(F)(F)F)c2F)CCC1. The summed E-state index contributed by atoms with van der Waals surface area (Å²) in [6, 6.07) is 3.43. The van der Waals surface area contributed by atoms with Crippen LogP contribution in [0, 0.1) is 5.82 Å². The summed E-state index contributed by atoms with van der Waals surface area (Å²) in [5.41, 5.74) is 3.90. The van der Waals surface area contributed by atoms with Gasteiger partial charge in [-0.25, -0.2) is 4.39 Å². The highest BCUT2D eigenvalue weighted by atomic mass is 19.4. The molecule has 17 heavy (non-hydrogen) atoms. The predicted octanol–water partition coefficient (Wildman–Crippen LogP) is 3.22. The Kier molecular flexibility index (Phi) is 2.89. The summed E-state index contributed by atoms with van der Waals surface area (Å²) in [6.45, 7) is 0.186. The van der Waals surface area contributed by atoms with Crippen molar-refractivity contribution in [3.8, 4) is 0 Å². The predicted molar refractivity (Wildman–Crippen MR) is 56.0 cm³/mol. The lowest BCUT2D eigenvalue weighted by atomic mass is 9.64. The number of rotatable bonds is 2. The van der Waals surface area contributed by atoms with Gasteiger partial charge in [-0.3, -0.25) is 0 Å². The molecule has 0 amide bonds. The maximum atomic E-state index is 13.9. The van der Waals surface area contributed by atoms with Crippen molar-refractivity contribution < 1.29 is 17.6 Å². The number of halogens is 4. The average molecular weight is 247 g/mol. The largest absolute Gasteiger partial charge is 0.419 e. The molecule has 94 valence electrons. The molecule has 0 heterocycles. The van der Waals surface area contributed by atoms with Gasteiger partial charge in [-0.05, 0) is 24.5 Å². The van der Waals surface area contributed by atoms with Crippen molar-refractivity contribution in [1.29, 1.82) is 0 Å². The molecule has 1 saturated carbocycles. The second-order valence-corrected chi connectivity index (χ2v) is 4.50. The van der Waals surface area contributed by atoms with E-state index in [2.05, 4.69) is 0 Å². The second kappa shape index (κ2) is 3.98. The van der Waals surface area contributed by atoms with Crippen LogP contribution in [0.25, 0.3) is 0 Å². The summed E-state index contributed by atoms with van der Waals surface area (Å²) in [6.07, 6.45) is -2.46. The van der Waals surface area contributed by atoms with E-state index in [0.717, 1.165) is 12.5 Å². The van der Waals surface area contributed by atoms with Crippen LogP contribution in [-0.2, 0) is 11.6 Å². The molecular formula is C12H13F4N. The van der Waals surface area contributed by atoms with Crippen LogP contribution in [0.2, 0.25) is 0 Å². The van der Waals surface area contributed by atoms with Crippen molar-refractivity contribution in [3.05, 3.63) is 35.1 Å². The third-order valence-electron chi connectivity index (χ3n) is 3.58. The summed E-state index contributed by atoms with van der Waals surface area (Å²) in [5.74, 6) is -1.16. The third-order valence-corrected chi connectivity index (χ3v) is 3.58. The van der Waals surface area contributed by atoms with Crippen LogP contribution in [-0.4, -0.2) is 6.54 Å². The lowest BCUT2D eigenvalue weighted by molar-refractivity contribution is -0.140. The first-order chi connectivity index (χ1) is 7.91. The average Bonchev–Trinajstić information content (AvgIpc) is 2.17. The van der Waals surface area contributed by atoms with Crippen molar-refractivity contribution in [3.63, 3.8) is 0 Å². The van der Waals surface area contributed by atoms with E-state index in [1.165, 1.54) is 12.1 Å². The zero-order valence-corrected chi connectivity index (χ0v) is 9.15. The molecule has 1 aromatic carbocycles. The zero-order valence-electron chi connectivity index (χ0n) is 9.15. The molecule has 0 saturated heterocycles. The Hall–Kier alpha value is -1.10. The van der Waals surface area contributed by atoms with E-state index in [1.54, 1.807) is 0 Å². The summed E-state index contributed by atoms with van der Waals surface area (Å²) < 4.78 is 51.6. The van der Waals surface area contributed by atoms with Gasteiger partial charge >= 0.3 is 6.18 Å². The molecular weight excluding hydrogens is 234 g/mol. The van der Waals surface area contributed by atoms with E-state index in [1.807, 2.05) is 0 Å². The van der Waals surface area contributed by atoms with E-state index in [0.29, 0.717) is 12.8 Å². The molecule has 1 fully saturated rings. The first-order valence-corrected chi connectivity index (χ1v) is 5.47. The highest BCUT2D eigenvalue weighted by Gasteiger charge is 2.42. The minimum Gasteiger partial charge on any atom is -0.330 e. The van der Waals surface area contributed by atoms with Gasteiger partial charge in [0.05, 0.1) is 5.56 Å². The van der Waals surface area contributed by atoms with Gasteiger partial charge in [-0.1, -0.05) is 18.6 Å². The topological polar surface area (TPSA) is 26.0 Å². The summed E-state index contributed by atoms with van der Waals surface area (Å²) in [7, 11) is 0. The molecule has 5 heteroatoms. The molecule has 0 radical (unpaired) electrons. The van der Waals surface area contributed by atoms with Crippen LogP contribution in [0.4, 0.5) is 17.6 Å². The Bertz CT molecular complexity index is 415. The summed E-state index contributed by atoms with van der Waals surface area (Å²) >= 11 is 0. The molecule has 2 N–H and O–H groups in total. The summed E-state index contributed by atoms with van der Waals surface area (Å²) in [5, 5.41) is 0. The molecule has 0 spiro atoms. The monoisotopic (exact) mass is 247 g/mol. The zero-order chi connectivity index (χ0) is 12.7. The van der Waals surface area contributed by atoms with Gasteiger partial charge in [0.25, 0.3) is 0 Å². The highest BCUT2D eigenvalue weighted by molar-refractivity contribution is 5.35. The minimum absolute atomic E-state index is 0.112. The van der Waals surface area contributed by atoms with E-state index in [4.69, 9.17) is 5.73 Å². The maximum absolute atomic E-state index is 13.9. The minimum atomic E-state index is -4.65. The van der Waals surface area contributed by atoms with Crippen molar-refractivity contribution in [2.75, 3.05) is 6.54 Å². The van der Waals surface area contributed by atoms with Gasteiger partial charge in [0, 0.05) is 12.0 Å². The fourth-order valence-corrected chi connectivity index (χ4v) is 2.35. The van der Waals surface area contributed by atoms with E-state index in [9.17, 15) is 17.6 Å². The Morgan fingerprint density at radius 1 is 1.24 bits per heavy atom. The second-order valence-electron chi connectivity index (χ2n) is 4.50. The van der Waals surface area contributed by atoms with Crippen molar-refractivity contribution in [2.24, 2.45) is 5.73 Å². The van der Waals surface area contributed by atoms with Crippen LogP contribution >= 0.6 is 0 Å². The molecule has 1 aliphatic carbocycles. The van der Waals surface area contributed by atoms with Gasteiger partial charge in [-0.15, -0.1) is 0 Å². The maximum Gasteiger partial charge on any atom is 0.419 e. The van der Waals surface area contributed by atoms with E-state index < -0.39 is 23.0 Å². The molecule has 2 rings (SSSR count). The number of alkyl halides is 3. The summed E-state index contributed by atoms with van der Waals surface area (Å²) in [4.78, 5) is 0. The standard InChI is InChI=1S/C12H13F4N/c13-10-8(11(7-17)5-2-6-11)3-1-4-9(10)12(14,15)16/h1,3-4H,2,5-7,17H2.